The first kappa shape index (κ1) is 22.9. The Morgan fingerprint density at radius 1 is 1.22 bits per heavy atom. The summed E-state index contributed by atoms with van der Waals surface area (Å²) in [5.41, 5.74) is 5.02. The van der Waals surface area contributed by atoms with E-state index < -0.39 is 10.0 Å². The van der Waals surface area contributed by atoms with Crippen molar-refractivity contribution in [1.82, 2.24) is 24.4 Å². The summed E-state index contributed by atoms with van der Waals surface area (Å²) in [5, 5.41) is 7.30. The van der Waals surface area contributed by atoms with E-state index in [0.29, 0.717) is 43.0 Å². The van der Waals surface area contributed by atoms with Crippen molar-refractivity contribution in [2.75, 3.05) is 13.1 Å². The molecular weight excluding hydrogens is 446 g/mol. The number of fused-ring (bicyclic) bond motifs is 1. The molecule has 1 amide bonds. The van der Waals surface area contributed by atoms with Crippen molar-refractivity contribution in [1.29, 1.82) is 0 Å². The topological polar surface area (TPSA) is 97.2 Å². The SMILES string of the molecule is Cc1nc2c(c(C)nn2C)c(C)c1CCC(=O)N1CCC(NS(=O)(=O)c2cccs2)CC1. The summed E-state index contributed by atoms with van der Waals surface area (Å²) in [6.45, 7) is 7.18. The molecular formula is C22H29N5O3S2. The fourth-order valence-electron chi connectivity index (χ4n) is 4.56. The molecule has 4 heterocycles. The molecule has 32 heavy (non-hydrogen) atoms. The Kier molecular flexibility index (Phi) is 6.37. The molecule has 1 aliphatic heterocycles. The maximum atomic E-state index is 12.9. The van der Waals surface area contributed by atoms with E-state index in [4.69, 9.17) is 4.98 Å². The normalized spacial score (nSPS) is 15.6. The number of rotatable bonds is 6. The number of nitrogens with one attached hydrogen (secondary N) is 1. The van der Waals surface area contributed by atoms with E-state index in [2.05, 4.69) is 16.7 Å². The van der Waals surface area contributed by atoms with Crippen LogP contribution in [-0.4, -0.2) is 53.1 Å². The number of thiophene rings is 1. The average molecular weight is 476 g/mol. The van der Waals surface area contributed by atoms with Crippen molar-refractivity contribution < 1.29 is 13.2 Å². The van der Waals surface area contributed by atoms with Crippen molar-refractivity contribution in [3.05, 3.63) is 40.0 Å². The summed E-state index contributed by atoms with van der Waals surface area (Å²) in [6, 6.07) is 3.19. The van der Waals surface area contributed by atoms with E-state index in [-0.39, 0.29) is 11.9 Å². The second kappa shape index (κ2) is 8.92. The van der Waals surface area contributed by atoms with Gasteiger partial charge in [0.2, 0.25) is 15.9 Å². The minimum atomic E-state index is -3.48. The first-order chi connectivity index (χ1) is 15.2. The van der Waals surface area contributed by atoms with Gasteiger partial charge in [-0.2, -0.15) is 5.10 Å². The van der Waals surface area contributed by atoms with Crippen molar-refractivity contribution in [3.63, 3.8) is 0 Å². The summed E-state index contributed by atoms with van der Waals surface area (Å²) in [4.78, 5) is 19.4. The molecule has 0 atom stereocenters. The van der Waals surface area contributed by atoms with Gasteiger partial charge in [-0.15, -0.1) is 11.3 Å². The van der Waals surface area contributed by atoms with Crippen LogP contribution in [0.4, 0.5) is 0 Å². The third kappa shape index (κ3) is 4.44. The van der Waals surface area contributed by atoms with Crippen LogP contribution in [0.15, 0.2) is 21.7 Å². The lowest BCUT2D eigenvalue weighted by Crippen LogP contribution is -2.46. The van der Waals surface area contributed by atoms with Crippen LogP contribution in [0.1, 0.15) is 41.8 Å². The van der Waals surface area contributed by atoms with Crippen LogP contribution in [0.2, 0.25) is 0 Å². The average Bonchev–Trinajstić information content (AvgIpc) is 3.37. The molecule has 8 nitrogen and oxygen atoms in total. The molecule has 3 aromatic heterocycles. The number of amides is 1. The van der Waals surface area contributed by atoms with Crippen LogP contribution < -0.4 is 4.72 Å². The first-order valence-corrected chi connectivity index (χ1v) is 13.2. The molecule has 0 aliphatic carbocycles. The zero-order chi connectivity index (χ0) is 23.0. The number of likely N-dealkylation sites (tertiary alicyclic amines) is 1. The molecule has 3 aromatic rings. The fourth-order valence-corrected chi connectivity index (χ4v) is 6.88. The van der Waals surface area contributed by atoms with Gasteiger partial charge in [0.25, 0.3) is 0 Å². The predicted octanol–water partition coefficient (Wildman–Crippen LogP) is 2.86. The highest BCUT2D eigenvalue weighted by molar-refractivity contribution is 7.91. The zero-order valence-electron chi connectivity index (χ0n) is 18.9. The Morgan fingerprint density at radius 2 is 1.94 bits per heavy atom. The molecule has 1 saturated heterocycles. The van der Waals surface area contributed by atoms with Gasteiger partial charge in [0.1, 0.15) is 4.21 Å². The first-order valence-electron chi connectivity index (χ1n) is 10.8. The van der Waals surface area contributed by atoms with Gasteiger partial charge >= 0.3 is 0 Å². The number of hydrogen-bond acceptors (Lipinski definition) is 6. The minimum absolute atomic E-state index is 0.103. The molecule has 0 aromatic carbocycles. The van der Waals surface area contributed by atoms with E-state index in [1.807, 2.05) is 25.8 Å². The maximum absolute atomic E-state index is 12.9. The molecule has 172 valence electrons. The smallest absolute Gasteiger partial charge is 0.250 e. The number of aromatic nitrogens is 3. The third-order valence-corrected chi connectivity index (χ3v) is 9.17. The number of aryl methyl sites for hydroxylation is 4. The van der Waals surface area contributed by atoms with E-state index in [9.17, 15) is 13.2 Å². The Labute approximate surface area is 192 Å². The molecule has 0 radical (unpaired) electrons. The van der Waals surface area contributed by atoms with E-state index in [1.54, 1.807) is 22.2 Å². The third-order valence-electron chi connectivity index (χ3n) is 6.25. The van der Waals surface area contributed by atoms with Crippen molar-refractivity contribution in [3.8, 4) is 0 Å². The van der Waals surface area contributed by atoms with Crippen LogP contribution in [0.3, 0.4) is 0 Å². The van der Waals surface area contributed by atoms with E-state index >= 15 is 0 Å². The van der Waals surface area contributed by atoms with Gasteiger partial charge < -0.3 is 4.90 Å². The molecule has 0 unspecified atom stereocenters. The van der Waals surface area contributed by atoms with Crippen LogP contribution in [0.5, 0.6) is 0 Å². The second-order valence-corrected chi connectivity index (χ2v) is 11.3. The summed E-state index contributed by atoms with van der Waals surface area (Å²) < 4.78 is 29.8. The molecule has 0 saturated carbocycles. The predicted molar refractivity (Wildman–Crippen MR) is 125 cm³/mol. The summed E-state index contributed by atoms with van der Waals surface area (Å²) in [7, 11) is -1.58. The second-order valence-electron chi connectivity index (χ2n) is 8.42. The van der Waals surface area contributed by atoms with Crippen LogP contribution >= 0.6 is 11.3 Å². The quantitative estimate of drug-likeness (QED) is 0.591. The molecule has 4 rings (SSSR count). The number of pyridine rings is 1. The largest absolute Gasteiger partial charge is 0.343 e. The maximum Gasteiger partial charge on any atom is 0.250 e. The molecule has 0 bridgehead atoms. The number of sulfonamides is 1. The number of carbonyl (C=O) groups excluding carboxylic acids is 1. The van der Waals surface area contributed by atoms with Crippen LogP contribution in [0, 0.1) is 20.8 Å². The Bertz CT molecular complexity index is 1240. The van der Waals surface area contributed by atoms with Gasteiger partial charge in [-0.1, -0.05) is 6.07 Å². The van der Waals surface area contributed by atoms with Crippen molar-refractivity contribution >= 4 is 38.3 Å². The molecule has 1 N–H and O–H groups in total. The van der Waals surface area contributed by atoms with Gasteiger partial charge in [0, 0.05) is 43.7 Å². The molecule has 0 spiro atoms. The van der Waals surface area contributed by atoms with Crippen molar-refractivity contribution in [2.24, 2.45) is 7.05 Å². The standard InChI is InChI=1S/C22H29N5O3S2/c1-14-18(15(2)23-22-21(14)16(3)24-26(22)4)7-8-19(28)27-11-9-17(10-12-27)25-32(29,30)20-6-5-13-31-20/h5-6,13,17,25H,7-12H2,1-4H3. The van der Waals surface area contributed by atoms with E-state index in [0.717, 1.165) is 33.5 Å². The number of piperidine rings is 1. The van der Waals surface area contributed by atoms with Crippen molar-refractivity contribution in [2.45, 2.75) is 56.7 Å². The summed E-state index contributed by atoms with van der Waals surface area (Å²) in [6.07, 6.45) is 2.30. The van der Waals surface area contributed by atoms with Gasteiger partial charge in [-0.25, -0.2) is 18.1 Å². The number of carbonyl (C=O) groups is 1. The highest BCUT2D eigenvalue weighted by Gasteiger charge is 2.27. The summed E-state index contributed by atoms with van der Waals surface area (Å²) >= 11 is 1.21. The van der Waals surface area contributed by atoms with Gasteiger partial charge in [-0.05, 0) is 62.6 Å². The van der Waals surface area contributed by atoms with Gasteiger partial charge in [0.15, 0.2) is 5.65 Å². The Hall–Kier alpha value is -2.30. The lowest BCUT2D eigenvalue weighted by molar-refractivity contribution is -0.132. The van der Waals surface area contributed by atoms with Gasteiger partial charge in [-0.3, -0.25) is 9.48 Å². The number of nitrogens with zero attached hydrogens (tertiary/aromatic N) is 4. The summed E-state index contributed by atoms with van der Waals surface area (Å²) in [5.74, 6) is 0.103. The van der Waals surface area contributed by atoms with Gasteiger partial charge in [0.05, 0.1) is 5.69 Å². The number of hydrogen-bond donors (Lipinski definition) is 1. The van der Waals surface area contributed by atoms with E-state index in [1.165, 1.54) is 11.3 Å². The monoisotopic (exact) mass is 475 g/mol. The fraction of sp³-hybridized carbons (Fsp3) is 0.500. The molecule has 10 heteroatoms. The lowest BCUT2D eigenvalue weighted by Gasteiger charge is -2.32. The lowest BCUT2D eigenvalue weighted by atomic mass is 9.98. The zero-order valence-corrected chi connectivity index (χ0v) is 20.5. The van der Waals surface area contributed by atoms with Crippen LogP contribution in [-0.2, 0) is 28.3 Å². The Morgan fingerprint density at radius 3 is 2.59 bits per heavy atom. The van der Waals surface area contributed by atoms with Crippen LogP contribution in [0.25, 0.3) is 11.0 Å². The molecule has 1 aliphatic rings. The minimum Gasteiger partial charge on any atom is -0.343 e. The highest BCUT2D eigenvalue weighted by atomic mass is 32.2. The molecule has 1 fully saturated rings. The highest BCUT2D eigenvalue weighted by Crippen LogP contribution is 2.26. The Balaban J connectivity index is 1.35.